The summed E-state index contributed by atoms with van der Waals surface area (Å²) in [6, 6.07) is 0. The van der Waals surface area contributed by atoms with Gasteiger partial charge in [-0.25, -0.2) is 4.79 Å². The van der Waals surface area contributed by atoms with Crippen LogP contribution >= 0.6 is 0 Å². The molecule has 0 aliphatic heterocycles. The molecule has 4 nitrogen and oxygen atoms in total. The molecule has 0 bridgehead atoms. The molecule has 126 valence electrons. The number of carbonyl (C=O) groups is 2. The van der Waals surface area contributed by atoms with Crippen LogP contribution in [0, 0.1) is 17.3 Å². The van der Waals surface area contributed by atoms with E-state index in [0.717, 1.165) is 37.7 Å². The first-order chi connectivity index (χ1) is 10.3. The van der Waals surface area contributed by atoms with E-state index in [1.807, 2.05) is 27.7 Å². The van der Waals surface area contributed by atoms with Gasteiger partial charge in [-0.3, -0.25) is 4.79 Å². The SMILES string of the molecule is CCC(=C(C(=O)O)C(CC)(C(=O)O)C1CCCCC1)C(C)C. The van der Waals surface area contributed by atoms with Gasteiger partial charge in [-0.2, -0.15) is 0 Å². The lowest BCUT2D eigenvalue weighted by Crippen LogP contribution is -2.44. The fourth-order valence-corrected chi connectivity index (χ4v) is 4.19. The highest BCUT2D eigenvalue weighted by Crippen LogP contribution is 2.48. The van der Waals surface area contributed by atoms with Gasteiger partial charge in [-0.1, -0.05) is 52.5 Å². The number of hydrogen-bond acceptors (Lipinski definition) is 2. The van der Waals surface area contributed by atoms with Crippen LogP contribution in [0.5, 0.6) is 0 Å². The van der Waals surface area contributed by atoms with Gasteiger partial charge in [0.15, 0.2) is 0 Å². The molecule has 1 aliphatic carbocycles. The van der Waals surface area contributed by atoms with Gasteiger partial charge in [0.1, 0.15) is 5.41 Å². The van der Waals surface area contributed by atoms with Crippen molar-refractivity contribution in [3.8, 4) is 0 Å². The Morgan fingerprint density at radius 3 is 1.95 bits per heavy atom. The standard InChI is InChI=1S/C18H30O4/c1-5-14(12(3)4)15(16(19)20)18(6-2,17(21)22)13-10-8-7-9-11-13/h12-13H,5-11H2,1-4H3,(H,19,20)(H,21,22). The molecule has 0 amide bonds. The Kier molecular flexibility index (Phi) is 6.64. The van der Waals surface area contributed by atoms with Crippen LogP contribution in [0.25, 0.3) is 0 Å². The maximum atomic E-state index is 12.2. The zero-order valence-corrected chi connectivity index (χ0v) is 14.3. The van der Waals surface area contributed by atoms with Crippen molar-refractivity contribution in [1.82, 2.24) is 0 Å². The molecule has 0 heterocycles. The third-order valence-corrected chi connectivity index (χ3v) is 5.30. The molecule has 1 saturated carbocycles. The van der Waals surface area contributed by atoms with E-state index in [-0.39, 0.29) is 17.4 Å². The molecule has 0 aromatic heterocycles. The van der Waals surface area contributed by atoms with Gasteiger partial charge in [0, 0.05) is 0 Å². The minimum Gasteiger partial charge on any atom is -0.481 e. The van der Waals surface area contributed by atoms with Crippen LogP contribution in [0.1, 0.15) is 72.6 Å². The second-order valence-electron chi connectivity index (χ2n) is 6.68. The molecule has 0 saturated heterocycles. The van der Waals surface area contributed by atoms with Crippen LogP contribution in [0.2, 0.25) is 0 Å². The van der Waals surface area contributed by atoms with Crippen molar-refractivity contribution in [2.45, 2.75) is 72.6 Å². The largest absolute Gasteiger partial charge is 0.481 e. The van der Waals surface area contributed by atoms with Crippen LogP contribution in [0.3, 0.4) is 0 Å². The fourth-order valence-electron chi connectivity index (χ4n) is 4.19. The van der Waals surface area contributed by atoms with Crippen molar-refractivity contribution >= 4 is 11.9 Å². The van der Waals surface area contributed by atoms with E-state index < -0.39 is 17.4 Å². The quantitative estimate of drug-likeness (QED) is 0.679. The zero-order valence-electron chi connectivity index (χ0n) is 14.3. The zero-order chi connectivity index (χ0) is 16.9. The molecule has 0 aromatic carbocycles. The van der Waals surface area contributed by atoms with Gasteiger partial charge in [0.25, 0.3) is 0 Å². The summed E-state index contributed by atoms with van der Waals surface area (Å²) in [4.78, 5) is 24.3. The van der Waals surface area contributed by atoms with Gasteiger partial charge in [-0.05, 0) is 37.5 Å². The van der Waals surface area contributed by atoms with E-state index in [4.69, 9.17) is 0 Å². The van der Waals surface area contributed by atoms with E-state index in [2.05, 4.69) is 0 Å². The summed E-state index contributed by atoms with van der Waals surface area (Å²) in [7, 11) is 0. The third-order valence-electron chi connectivity index (χ3n) is 5.30. The Labute approximate surface area is 133 Å². The molecule has 22 heavy (non-hydrogen) atoms. The Morgan fingerprint density at radius 2 is 1.64 bits per heavy atom. The van der Waals surface area contributed by atoms with Crippen molar-refractivity contribution in [1.29, 1.82) is 0 Å². The first-order valence-electron chi connectivity index (χ1n) is 8.53. The van der Waals surface area contributed by atoms with Gasteiger partial charge in [-0.15, -0.1) is 0 Å². The normalized spacial score (nSPS) is 20.4. The summed E-state index contributed by atoms with van der Waals surface area (Å²) in [5, 5.41) is 19.9. The Balaban J connectivity index is 3.57. The van der Waals surface area contributed by atoms with Crippen molar-refractivity contribution in [3.05, 3.63) is 11.1 Å². The summed E-state index contributed by atoms with van der Waals surface area (Å²) in [5.74, 6) is -2.05. The van der Waals surface area contributed by atoms with E-state index in [9.17, 15) is 19.8 Å². The first kappa shape index (κ1) is 18.7. The van der Waals surface area contributed by atoms with Crippen LogP contribution in [0.4, 0.5) is 0 Å². The molecular formula is C18H30O4. The van der Waals surface area contributed by atoms with Crippen LogP contribution in [-0.4, -0.2) is 22.2 Å². The predicted octanol–water partition coefficient (Wildman–Crippen LogP) is 4.49. The number of rotatable bonds is 7. The topological polar surface area (TPSA) is 74.6 Å². The van der Waals surface area contributed by atoms with Crippen LogP contribution in [-0.2, 0) is 9.59 Å². The predicted molar refractivity (Wildman–Crippen MR) is 86.7 cm³/mol. The first-order valence-corrected chi connectivity index (χ1v) is 8.53. The number of allylic oxidation sites excluding steroid dienone is 1. The lowest BCUT2D eigenvalue weighted by Gasteiger charge is -2.40. The molecule has 1 unspecified atom stereocenters. The molecular weight excluding hydrogens is 280 g/mol. The average molecular weight is 310 g/mol. The van der Waals surface area contributed by atoms with E-state index in [1.54, 1.807) is 0 Å². The minimum atomic E-state index is -1.25. The van der Waals surface area contributed by atoms with Crippen molar-refractivity contribution in [3.63, 3.8) is 0 Å². The molecule has 1 rings (SSSR count). The Bertz CT molecular complexity index is 444. The lowest BCUT2D eigenvalue weighted by molar-refractivity contribution is -0.154. The maximum Gasteiger partial charge on any atom is 0.332 e. The summed E-state index contributed by atoms with van der Waals surface area (Å²) >= 11 is 0. The van der Waals surface area contributed by atoms with Crippen LogP contribution in [0.15, 0.2) is 11.1 Å². The fraction of sp³-hybridized carbons (Fsp3) is 0.778. The summed E-state index contributed by atoms with van der Waals surface area (Å²) in [6.45, 7) is 7.64. The smallest absolute Gasteiger partial charge is 0.332 e. The summed E-state index contributed by atoms with van der Waals surface area (Å²) < 4.78 is 0. The summed E-state index contributed by atoms with van der Waals surface area (Å²) in [5.41, 5.74) is -0.309. The molecule has 1 aliphatic rings. The van der Waals surface area contributed by atoms with Gasteiger partial charge in [0.05, 0.1) is 5.57 Å². The second-order valence-corrected chi connectivity index (χ2v) is 6.68. The van der Waals surface area contributed by atoms with E-state index in [1.165, 1.54) is 0 Å². The Hall–Kier alpha value is -1.32. The van der Waals surface area contributed by atoms with Gasteiger partial charge < -0.3 is 10.2 Å². The number of hydrogen-bond donors (Lipinski definition) is 2. The molecule has 0 radical (unpaired) electrons. The Morgan fingerprint density at radius 1 is 1.09 bits per heavy atom. The lowest BCUT2D eigenvalue weighted by atomic mass is 9.61. The summed E-state index contributed by atoms with van der Waals surface area (Å²) in [6.07, 6.45) is 5.65. The highest BCUT2D eigenvalue weighted by atomic mass is 16.4. The molecule has 0 spiro atoms. The molecule has 2 N–H and O–H groups in total. The molecule has 4 heteroatoms. The minimum absolute atomic E-state index is 0.0463. The van der Waals surface area contributed by atoms with Crippen molar-refractivity contribution in [2.75, 3.05) is 0 Å². The number of aliphatic carboxylic acids is 2. The van der Waals surface area contributed by atoms with Crippen molar-refractivity contribution < 1.29 is 19.8 Å². The third kappa shape index (κ3) is 3.36. The van der Waals surface area contributed by atoms with Crippen LogP contribution < -0.4 is 0 Å². The number of carboxylic acid groups (broad SMARTS) is 2. The highest BCUT2D eigenvalue weighted by Gasteiger charge is 2.51. The molecule has 1 fully saturated rings. The second kappa shape index (κ2) is 7.80. The van der Waals surface area contributed by atoms with Gasteiger partial charge in [0.2, 0.25) is 0 Å². The molecule has 0 aromatic rings. The number of carboxylic acids is 2. The maximum absolute atomic E-state index is 12.2. The average Bonchev–Trinajstić information content (AvgIpc) is 2.47. The molecule has 1 atom stereocenters. The van der Waals surface area contributed by atoms with Gasteiger partial charge >= 0.3 is 11.9 Å². The van der Waals surface area contributed by atoms with Crippen molar-refractivity contribution in [2.24, 2.45) is 17.3 Å². The monoisotopic (exact) mass is 310 g/mol. The van der Waals surface area contributed by atoms with E-state index >= 15 is 0 Å². The highest BCUT2D eigenvalue weighted by molar-refractivity contribution is 5.97. The van der Waals surface area contributed by atoms with E-state index in [0.29, 0.717) is 12.8 Å².